The molecule has 0 aromatic heterocycles. The maximum Gasteiger partial charge on any atom is 0.119 e. The van der Waals surface area contributed by atoms with Crippen LogP contribution in [0.25, 0.3) is 0 Å². The summed E-state index contributed by atoms with van der Waals surface area (Å²) >= 11 is 0. The summed E-state index contributed by atoms with van der Waals surface area (Å²) in [5.74, 6) is 1.55. The highest BCUT2D eigenvalue weighted by Crippen LogP contribution is 2.09. The lowest BCUT2D eigenvalue weighted by Crippen LogP contribution is -2.03. The number of ether oxygens (including phenoxy) is 1. The second-order valence-electron chi connectivity index (χ2n) is 3.02. The van der Waals surface area contributed by atoms with Crippen molar-refractivity contribution in [3.05, 3.63) is 30.3 Å². The Labute approximate surface area is 81.7 Å². The predicted molar refractivity (Wildman–Crippen MR) is 58.1 cm³/mol. The quantitative estimate of drug-likeness (QED) is 0.688. The van der Waals surface area contributed by atoms with Crippen molar-refractivity contribution >= 4 is 0 Å². The topological polar surface area (TPSA) is 9.23 Å². The van der Waals surface area contributed by atoms with E-state index in [-0.39, 0.29) is 0 Å². The monoisotopic (exact) mass is 180 g/mol. The van der Waals surface area contributed by atoms with Crippen molar-refractivity contribution in [2.75, 3.05) is 6.61 Å². The fourth-order valence-electron chi connectivity index (χ4n) is 0.780. The lowest BCUT2D eigenvalue weighted by Gasteiger charge is -2.07. The van der Waals surface area contributed by atoms with Gasteiger partial charge in [-0.25, -0.2) is 0 Å². The van der Waals surface area contributed by atoms with Crippen LogP contribution in [0, 0.1) is 5.92 Å². The van der Waals surface area contributed by atoms with Crippen LogP contribution in [0.4, 0.5) is 0 Å². The second-order valence-corrected chi connectivity index (χ2v) is 3.02. The fraction of sp³-hybridized carbons (Fsp3) is 0.500. The van der Waals surface area contributed by atoms with Crippen molar-refractivity contribution in [1.29, 1.82) is 0 Å². The van der Waals surface area contributed by atoms with Gasteiger partial charge in [-0.05, 0) is 18.1 Å². The third-order valence-corrected chi connectivity index (χ3v) is 1.33. The highest BCUT2D eigenvalue weighted by atomic mass is 16.5. The van der Waals surface area contributed by atoms with E-state index in [4.69, 9.17) is 4.74 Å². The molecule has 0 atom stereocenters. The van der Waals surface area contributed by atoms with Gasteiger partial charge in [-0.1, -0.05) is 45.9 Å². The van der Waals surface area contributed by atoms with Crippen molar-refractivity contribution < 1.29 is 4.74 Å². The number of hydrogen-bond donors (Lipinski definition) is 0. The molecule has 0 saturated heterocycles. The van der Waals surface area contributed by atoms with Crippen LogP contribution in [0.2, 0.25) is 0 Å². The molecule has 0 spiro atoms. The molecule has 13 heavy (non-hydrogen) atoms. The fourth-order valence-corrected chi connectivity index (χ4v) is 0.780. The molecule has 0 aliphatic rings. The lowest BCUT2D eigenvalue weighted by atomic mass is 10.2. The van der Waals surface area contributed by atoms with Crippen molar-refractivity contribution in [1.82, 2.24) is 0 Å². The van der Waals surface area contributed by atoms with Crippen LogP contribution < -0.4 is 4.74 Å². The first-order chi connectivity index (χ1) is 6.29. The van der Waals surface area contributed by atoms with Gasteiger partial charge < -0.3 is 4.74 Å². The molecule has 0 aliphatic carbocycles. The van der Waals surface area contributed by atoms with E-state index in [9.17, 15) is 0 Å². The summed E-state index contributed by atoms with van der Waals surface area (Å²) in [5.41, 5.74) is 0. The van der Waals surface area contributed by atoms with Gasteiger partial charge in [-0.15, -0.1) is 0 Å². The Kier molecular flexibility index (Phi) is 7.08. The normalized spacial score (nSPS) is 9.00. The summed E-state index contributed by atoms with van der Waals surface area (Å²) in [6.07, 6.45) is 0. The van der Waals surface area contributed by atoms with Crippen LogP contribution in [-0.4, -0.2) is 6.61 Å². The van der Waals surface area contributed by atoms with Gasteiger partial charge in [0.05, 0.1) is 6.61 Å². The molecule has 0 aliphatic heterocycles. The summed E-state index contributed by atoms with van der Waals surface area (Å²) in [7, 11) is 0. The number of para-hydroxylation sites is 1. The minimum absolute atomic E-state index is 0.593. The molecule has 1 heteroatoms. The molecule has 0 bridgehead atoms. The van der Waals surface area contributed by atoms with Crippen molar-refractivity contribution in [3.63, 3.8) is 0 Å². The summed E-state index contributed by atoms with van der Waals surface area (Å²) in [5, 5.41) is 0. The Hall–Kier alpha value is -0.980. The zero-order chi connectivity index (χ0) is 10.1. The van der Waals surface area contributed by atoms with Gasteiger partial charge in [0.15, 0.2) is 0 Å². The van der Waals surface area contributed by atoms with Crippen molar-refractivity contribution in [3.8, 4) is 5.75 Å². The Morgan fingerprint density at radius 2 is 1.62 bits per heavy atom. The van der Waals surface area contributed by atoms with Gasteiger partial charge in [-0.2, -0.15) is 0 Å². The van der Waals surface area contributed by atoms with E-state index >= 15 is 0 Å². The summed E-state index contributed by atoms with van der Waals surface area (Å²) in [6, 6.07) is 9.90. The van der Waals surface area contributed by atoms with E-state index < -0.39 is 0 Å². The zero-order valence-corrected chi connectivity index (χ0v) is 9.08. The van der Waals surface area contributed by atoms with Gasteiger partial charge in [0.1, 0.15) is 5.75 Å². The predicted octanol–water partition coefficient (Wildman–Crippen LogP) is 3.75. The van der Waals surface area contributed by atoms with Crippen LogP contribution in [0.15, 0.2) is 30.3 Å². The third-order valence-electron chi connectivity index (χ3n) is 1.33. The van der Waals surface area contributed by atoms with Gasteiger partial charge in [-0.3, -0.25) is 0 Å². The molecule has 0 radical (unpaired) electrons. The van der Waals surface area contributed by atoms with Crippen molar-refractivity contribution in [2.45, 2.75) is 27.7 Å². The maximum atomic E-state index is 5.47. The van der Waals surface area contributed by atoms with Gasteiger partial charge in [0.2, 0.25) is 0 Å². The Balaban J connectivity index is 0.000000671. The van der Waals surface area contributed by atoms with E-state index in [2.05, 4.69) is 13.8 Å². The van der Waals surface area contributed by atoms with E-state index in [0.29, 0.717) is 5.92 Å². The van der Waals surface area contributed by atoms with E-state index in [1.165, 1.54) is 0 Å². The molecular formula is C12H20O. The van der Waals surface area contributed by atoms with E-state index in [1.807, 2.05) is 44.2 Å². The van der Waals surface area contributed by atoms with Gasteiger partial charge in [0, 0.05) is 0 Å². The molecule has 1 aromatic carbocycles. The summed E-state index contributed by atoms with van der Waals surface area (Å²) in [6.45, 7) is 9.08. The zero-order valence-electron chi connectivity index (χ0n) is 9.08. The molecule has 1 nitrogen and oxygen atoms in total. The van der Waals surface area contributed by atoms with Crippen LogP contribution in [-0.2, 0) is 0 Å². The molecule has 0 fully saturated rings. The molecule has 1 aromatic rings. The molecule has 0 unspecified atom stereocenters. The average Bonchev–Trinajstić information content (AvgIpc) is 2.19. The highest BCUT2D eigenvalue weighted by molar-refractivity contribution is 5.20. The Morgan fingerprint density at radius 1 is 1.08 bits per heavy atom. The first kappa shape index (κ1) is 12.0. The highest BCUT2D eigenvalue weighted by Gasteiger charge is 1.94. The SMILES string of the molecule is CC.CC(C)COc1ccccc1. The lowest BCUT2D eigenvalue weighted by molar-refractivity contribution is 0.271. The van der Waals surface area contributed by atoms with Crippen LogP contribution >= 0.6 is 0 Å². The largest absolute Gasteiger partial charge is 0.493 e. The first-order valence-electron chi connectivity index (χ1n) is 4.97. The van der Waals surface area contributed by atoms with Crippen LogP contribution in [0.5, 0.6) is 5.75 Å². The molecule has 74 valence electrons. The standard InChI is InChI=1S/C10H14O.C2H6/c1-9(2)8-11-10-6-4-3-5-7-10;1-2/h3-7,9H,8H2,1-2H3;1-2H3. The smallest absolute Gasteiger partial charge is 0.119 e. The van der Waals surface area contributed by atoms with Crippen molar-refractivity contribution in [2.24, 2.45) is 5.92 Å². The molecular weight excluding hydrogens is 160 g/mol. The summed E-state index contributed by atoms with van der Waals surface area (Å²) < 4.78 is 5.47. The van der Waals surface area contributed by atoms with Crippen LogP contribution in [0.3, 0.4) is 0 Å². The van der Waals surface area contributed by atoms with Crippen LogP contribution in [0.1, 0.15) is 27.7 Å². The second kappa shape index (κ2) is 7.66. The van der Waals surface area contributed by atoms with E-state index in [1.54, 1.807) is 0 Å². The minimum Gasteiger partial charge on any atom is -0.493 e. The van der Waals surface area contributed by atoms with E-state index in [0.717, 1.165) is 12.4 Å². The summed E-state index contributed by atoms with van der Waals surface area (Å²) in [4.78, 5) is 0. The molecule has 0 saturated carbocycles. The number of benzene rings is 1. The third kappa shape index (κ3) is 6.21. The molecule has 0 heterocycles. The molecule has 1 rings (SSSR count). The van der Waals surface area contributed by atoms with Gasteiger partial charge >= 0.3 is 0 Å². The van der Waals surface area contributed by atoms with Gasteiger partial charge in [0.25, 0.3) is 0 Å². The maximum absolute atomic E-state index is 5.47. The average molecular weight is 180 g/mol. The number of rotatable bonds is 3. The minimum atomic E-state index is 0.593. The Morgan fingerprint density at radius 3 is 2.08 bits per heavy atom. The molecule has 0 amide bonds. The molecule has 0 N–H and O–H groups in total. The number of hydrogen-bond acceptors (Lipinski definition) is 1. The Bertz CT molecular complexity index is 192. The first-order valence-corrected chi connectivity index (χ1v) is 4.97.